The molecule has 2 N–H and O–H groups in total. The van der Waals surface area contributed by atoms with Gasteiger partial charge in [-0.3, -0.25) is 0 Å². The molecule has 0 aliphatic heterocycles. The fourth-order valence-electron chi connectivity index (χ4n) is 1.64. The first-order chi connectivity index (χ1) is 7.63. The maximum atomic E-state index is 5.83. The number of halogens is 1. The van der Waals surface area contributed by atoms with Crippen LogP contribution in [0.15, 0.2) is 18.2 Å². The third-order valence-corrected chi connectivity index (χ3v) is 2.78. The summed E-state index contributed by atoms with van der Waals surface area (Å²) in [4.78, 5) is 0. The summed E-state index contributed by atoms with van der Waals surface area (Å²) in [5, 5.41) is 0.667. The van der Waals surface area contributed by atoms with Crippen LogP contribution in [-0.4, -0.2) is 6.61 Å². The maximum Gasteiger partial charge on any atom is 0.0737 e. The Morgan fingerprint density at radius 3 is 2.81 bits per heavy atom. The van der Waals surface area contributed by atoms with Gasteiger partial charge in [0, 0.05) is 22.9 Å². The number of rotatable bonds is 6. The Labute approximate surface area is 103 Å². The highest BCUT2D eigenvalue weighted by atomic mass is 35.5. The number of nitrogen functional groups attached to an aromatic ring is 1. The second-order valence-corrected chi connectivity index (χ2v) is 4.69. The lowest BCUT2D eigenvalue weighted by Gasteiger charge is -2.12. The summed E-state index contributed by atoms with van der Waals surface area (Å²) >= 11 is 5.82. The fraction of sp³-hybridized carbons (Fsp3) is 0.538. The van der Waals surface area contributed by atoms with Crippen LogP contribution in [-0.2, 0) is 11.3 Å². The molecule has 0 heterocycles. The predicted molar refractivity (Wildman–Crippen MR) is 69.6 cm³/mol. The molecule has 0 amide bonds. The van der Waals surface area contributed by atoms with Gasteiger partial charge in [-0.2, -0.15) is 0 Å². The summed E-state index contributed by atoms with van der Waals surface area (Å²) in [5.74, 6) is 0.610. The molecule has 0 aliphatic rings. The van der Waals surface area contributed by atoms with Crippen LogP contribution in [0.25, 0.3) is 0 Å². The highest BCUT2D eigenvalue weighted by Gasteiger charge is 2.03. The molecule has 1 aromatic rings. The van der Waals surface area contributed by atoms with Crippen LogP contribution in [0, 0.1) is 5.92 Å². The Kier molecular flexibility index (Phi) is 5.64. The molecule has 1 unspecified atom stereocenters. The van der Waals surface area contributed by atoms with E-state index in [1.807, 2.05) is 12.1 Å². The van der Waals surface area contributed by atoms with Gasteiger partial charge in [0.15, 0.2) is 0 Å². The number of nitrogens with two attached hydrogens (primary N) is 1. The summed E-state index contributed by atoms with van der Waals surface area (Å²) < 4.78 is 5.63. The van der Waals surface area contributed by atoms with E-state index in [-0.39, 0.29) is 0 Å². The van der Waals surface area contributed by atoms with Crippen LogP contribution in [0.1, 0.15) is 32.3 Å². The lowest BCUT2D eigenvalue weighted by molar-refractivity contribution is 0.0897. The van der Waals surface area contributed by atoms with Crippen molar-refractivity contribution in [2.24, 2.45) is 5.92 Å². The number of benzene rings is 1. The van der Waals surface area contributed by atoms with Crippen molar-refractivity contribution in [1.29, 1.82) is 0 Å². The molecular weight excluding hydrogens is 222 g/mol. The quantitative estimate of drug-likeness (QED) is 0.768. The van der Waals surface area contributed by atoms with Gasteiger partial charge in [0.25, 0.3) is 0 Å². The normalized spacial score (nSPS) is 12.7. The second kappa shape index (κ2) is 6.77. The molecule has 1 atom stereocenters. The van der Waals surface area contributed by atoms with E-state index in [9.17, 15) is 0 Å². The zero-order valence-electron chi connectivity index (χ0n) is 10.0. The van der Waals surface area contributed by atoms with Gasteiger partial charge in [0.1, 0.15) is 0 Å². The van der Waals surface area contributed by atoms with E-state index in [0.717, 1.165) is 12.2 Å². The molecule has 0 aliphatic carbocycles. The Morgan fingerprint density at radius 2 is 2.19 bits per heavy atom. The van der Waals surface area contributed by atoms with Crippen molar-refractivity contribution in [1.82, 2.24) is 0 Å². The molecule has 16 heavy (non-hydrogen) atoms. The van der Waals surface area contributed by atoms with Gasteiger partial charge in [0.2, 0.25) is 0 Å². The average molecular weight is 242 g/mol. The Morgan fingerprint density at radius 1 is 1.44 bits per heavy atom. The van der Waals surface area contributed by atoms with Crippen molar-refractivity contribution in [2.75, 3.05) is 12.3 Å². The van der Waals surface area contributed by atoms with Gasteiger partial charge in [-0.15, -0.1) is 0 Å². The third kappa shape index (κ3) is 4.42. The molecule has 1 rings (SSSR count). The van der Waals surface area contributed by atoms with Gasteiger partial charge in [-0.25, -0.2) is 0 Å². The monoisotopic (exact) mass is 241 g/mol. The average Bonchev–Trinajstić information content (AvgIpc) is 2.22. The van der Waals surface area contributed by atoms with Crippen molar-refractivity contribution < 1.29 is 4.74 Å². The van der Waals surface area contributed by atoms with Crippen molar-refractivity contribution in [3.63, 3.8) is 0 Å². The molecule has 0 spiro atoms. The second-order valence-electron chi connectivity index (χ2n) is 4.25. The van der Waals surface area contributed by atoms with Crippen molar-refractivity contribution in [3.05, 3.63) is 28.8 Å². The Hall–Kier alpha value is -0.730. The lowest BCUT2D eigenvalue weighted by Crippen LogP contribution is -2.06. The molecule has 1 aromatic carbocycles. The minimum atomic E-state index is 0.567. The number of ether oxygens (including phenoxy) is 1. The molecule has 0 saturated carbocycles. The van der Waals surface area contributed by atoms with Crippen LogP contribution in [0.5, 0.6) is 0 Å². The molecule has 0 fully saturated rings. The van der Waals surface area contributed by atoms with Crippen molar-refractivity contribution in [2.45, 2.75) is 33.3 Å². The van der Waals surface area contributed by atoms with E-state index >= 15 is 0 Å². The lowest BCUT2D eigenvalue weighted by atomic mass is 10.1. The summed E-state index contributed by atoms with van der Waals surface area (Å²) in [6.45, 7) is 5.75. The maximum absolute atomic E-state index is 5.83. The zero-order chi connectivity index (χ0) is 12.0. The third-order valence-electron chi connectivity index (χ3n) is 2.55. The minimum Gasteiger partial charge on any atom is -0.398 e. The van der Waals surface area contributed by atoms with E-state index in [1.54, 1.807) is 6.07 Å². The first-order valence-corrected chi connectivity index (χ1v) is 6.13. The van der Waals surface area contributed by atoms with Gasteiger partial charge in [0.05, 0.1) is 6.61 Å². The smallest absolute Gasteiger partial charge is 0.0737 e. The molecule has 3 heteroatoms. The molecule has 0 saturated heterocycles. The molecule has 90 valence electrons. The van der Waals surface area contributed by atoms with E-state index in [0.29, 0.717) is 23.2 Å². The standard InChI is InChI=1S/C13H20ClNO/c1-3-4-10(2)8-16-9-11-5-6-12(14)7-13(11)15/h5-7,10H,3-4,8-9,15H2,1-2H3. The molecular formula is C13H20ClNO. The summed E-state index contributed by atoms with van der Waals surface area (Å²) in [5.41, 5.74) is 7.54. The minimum absolute atomic E-state index is 0.567. The van der Waals surface area contributed by atoms with Gasteiger partial charge >= 0.3 is 0 Å². The SMILES string of the molecule is CCCC(C)COCc1ccc(Cl)cc1N. The summed E-state index contributed by atoms with van der Waals surface area (Å²) in [6.07, 6.45) is 2.41. The van der Waals surface area contributed by atoms with E-state index in [4.69, 9.17) is 22.1 Å². The largest absolute Gasteiger partial charge is 0.398 e. The Balaban J connectivity index is 2.37. The molecule has 0 radical (unpaired) electrons. The van der Waals surface area contributed by atoms with Crippen molar-refractivity contribution >= 4 is 17.3 Å². The topological polar surface area (TPSA) is 35.2 Å². The van der Waals surface area contributed by atoms with Crippen LogP contribution in [0.4, 0.5) is 5.69 Å². The van der Waals surface area contributed by atoms with Crippen LogP contribution in [0.3, 0.4) is 0 Å². The fourth-order valence-corrected chi connectivity index (χ4v) is 1.82. The van der Waals surface area contributed by atoms with Crippen LogP contribution < -0.4 is 5.73 Å². The van der Waals surface area contributed by atoms with E-state index < -0.39 is 0 Å². The van der Waals surface area contributed by atoms with Gasteiger partial charge in [-0.1, -0.05) is 37.9 Å². The zero-order valence-corrected chi connectivity index (χ0v) is 10.8. The predicted octanol–water partition coefficient (Wildman–Crippen LogP) is 3.88. The first kappa shape index (κ1) is 13.3. The molecule has 0 bridgehead atoms. The van der Waals surface area contributed by atoms with Crippen molar-refractivity contribution in [3.8, 4) is 0 Å². The highest BCUT2D eigenvalue weighted by Crippen LogP contribution is 2.19. The summed E-state index contributed by atoms with van der Waals surface area (Å²) in [7, 11) is 0. The number of hydrogen-bond acceptors (Lipinski definition) is 2. The molecule has 2 nitrogen and oxygen atoms in total. The van der Waals surface area contributed by atoms with Gasteiger partial charge < -0.3 is 10.5 Å². The van der Waals surface area contributed by atoms with E-state index in [1.165, 1.54) is 12.8 Å². The Bertz CT molecular complexity index is 328. The highest BCUT2D eigenvalue weighted by molar-refractivity contribution is 6.30. The number of anilines is 1. The van der Waals surface area contributed by atoms with Gasteiger partial charge in [-0.05, 0) is 24.5 Å². The van der Waals surface area contributed by atoms with Crippen LogP contribution >= 0.6 is 11.6 Å². The molecule has 0 aromatic heterocycles. The van der Waals surface area contributed by atoms with Crippen LogP contribution in [0.2, 0.25) is 5.02 Å². The first-order valence-electron chi connectivity index (χ1n) is 5.75. The van der Waals surface area contributed by atoms with E-state index in [2.05, 4.69) is 13.8 Å². The summed E-state index contributed by atoms with van der Waals surface area (Å²) in [6, 6.07) is 5.52. The number of hydrogen-bond donors (Lipinski definition) is 1.